The van der Waals surface area contributed by atoms with E-state index in [0.29, 0.717) is 0 Å². The third-order valence-corrected chi connectivity index (χ3v) is 5.78. The molecule has 4 unspecified atom stereocenters. The molecule has 0 spiro atoms. The Morgan fingerprint density at radius 2 is 0.812 bits per heavy atom. The summed E-state index contributed by atoms with van der Waals surface area (Å²) in [6, 6.07) is 0. The number of allylic oxidation sites excluding steroid dienone is 4. The van der Waals surface area contributed by atoms with Crippen LogP contribution in [0, 0.1) is 35.5 Å². The van der Waals surface area contributed by atoms with Gasteiger partial charge in [-0.3, -0.25) is 0 Å². The Labute approximate surface area is 98.8 Å². The predicted octanol–water partition coefficient (Wildman–Crippen LogP) is 4.19. The zero-order valence-electron chi connectivity index (χ0n) is 10.0. The molecule has 4 rings (SSSR count). The summed E-state index contributed by atoms with van der Waals surface area (Å²) in [7, 11) is 0. The first-order chi connectivity index (χ1) is 7.93. The number of rotatable bonds is 0. The lowest BCUT2D eigenvalue weighted by Crippen LogP contribution is -2.45. The van der Waals surface area contributed by atoms with Crippen molar-refractivity contribution in [3.05, 3.63) is 24.3 Å². The molecule has 2 fully saturated rings. The summed E-state index contributed by atoms with van der Waals surface area (Å²) < 4.78 is 0. The molecule has 0 aromatic carbocycles. The maximum absolute atomic E-state index is 2.60. The summed E-state index contributed by atoms with van der Waals surface area (Å²) in [5.74, 6) is 5.80. The Kier molecular flexibility index (Phi) is 2.07. The van der Waals surface area contributed by atoms with Crippen LogP contribution in [0.2, 0.25) is 0 Å². The van der Waals surface area contributed by atoms with Crippen LogP contribution in [0.15, 0.2) is 24.3 Å². The second-order valence-electron chi connectivity index (χ2n) is 6.44. The van der Waals surface area contributed by atoms with Gasteiger partial charge in [0, 0.05) is 0 Å². The van der Waals surface area contributed by atoms with Gasteiger partial charge in [-0.15, -0.1) is 0 Å². The molecule has 0 radical (unpaired) electrons. The SMILES string of the molecule is C1=CC2CCCC3C=CC4CCCC1C4C23. The fraction of sp³-hybridized carbons (Fsp3) is 0.750. The zero-order valence-corrected chi connectivity index (χ0v) is 10.0. The van der Waals surface area contributed by atoms with Crippen molar-refractivity contribution in [3.63, 3.8) is 0 Å². The van der Waals surface area contributed by atoms with E-state index in [9.17, 15) is 0 Å². The highest BCUT2D eigenvalue weighted by Crippen LogP contribution is 2.55. The van der Waals surface area contributed by atoms with Crippen LogP contribution >= 0.6 is 0 Å². The van der Waals surface area contributed by atoms with Gasteiger partial charge in [-0.25, -0.2) is 0 Å². The lowest BCUT2D eigenvalue weighted by atomic mass is 9.52. The quantitative estimate of drug-likeness (QED) is 0.530. The standard InChI is InChI=1S/C16H22/c1-3-11-7-9-13-5-2-6-14-10-8-12(4-1)15(11)16(13)14/h7-16H,1-6H2. The van der Waals surface area contributed by atoms with Crippen molar-refractivity contribution in [3.8, 4) is 0 Å². The third kappa shape index (κ3) is 1.22. The van der Waals surface area contributed by atoms with E-state index in [1.165, 1.54) is 38.5 Å². The highest BCUT2D eigenvalue weighted by atomic mass is 14.5. The van der Waals surface area contributed by atoms with Crippen LogP contribution in [0.5, 0.6) is 0 Å². The van der Waals surface area contributed by atoms with E-state index < -0.39 is 0 Å². The average Bonchev–Trinajstić information content (AvgIpc) is 2.36. The van der Waals surface area contributed by atoms with Gasteiger partial charge < -0.3 is 0 Å². The van der Waals surface area contributed by atoms with Crippen molar-refractivity contribution < 1.29 is 0 Å². The Bertz CT molecular complexity index is 276. The van der Waals surface area contributed by atoms with Gasteiger partial charge in [-0.05, 0) is 61.2 Å². The minimum atomic E-state index is 0.936. The van der Waals surface area contributed by atoms with E-state index in [1.54, 1.807) is 0 Å². The molecular formula is C16H22. The first-order valence-corrected chi connectivity index (χ1v) is 7.30. The minimum absolute atomic E-state index is 0.936. The van der Waals surface area contributed by atoms with Crippen LogP contribution in [0.25, 0.3) is 0 Å². The van der Waals surface area contributed by atoms with E-state index in [2.05, 4.69) is 24.3 Å². The van der Waals surface area contributed by atoms with Gasteiger partial charge in [0.25, 0.3) is 0 Å². The van der Waals surface area contributed by atoms with Crippen LogP contribution < -0.4 is 0 Å². The Hall–Kier alpha value is -0.520. The van der Waals surface area contributed by atoms with E-state index >= 15 is 0 Å². The summed E-state index contributed by atoms with van der Waals surface area (Å²) in [6.07, 6.45) is 19.2. The van der Waals surface area contributed by atoms with Crippen molar-refractivity contribution in [1.29, 1.82) is 0 Å². The number of hydrogen-bond donors (Lipinski definition) is 0. The molecule has 4 atom stereocenters. The monoisotopic (exact) mass is 214 g/mol. The second-order valence-corrected chi connectivity index (χ2v) is 6.44. The number of hydrogen-bond acceptors (Lipinski definition) is 0. The van der Waals surface area contributed by atoms with E-state index in [1.807, 2.05) is 0 Å². The largest absolute Gasteiger partial charge is 0.0848 e. The molecule has 0 aliphatic heterocycles. The van der Waals surface area contributed by atoms with Crippen LogP contribution in [-0.2, 0) is 0 Å². The zero-order chi connectivity index (χ0) is 10.5. The summed E-state index contributed by atoms with van der Waals surface area (Å²) in [4.78, 5) is 0. The van der Waals surface area contributed by atoms with Crippen LogP contribution in [0.3, 0.4) is 0 Å². The van der Waals surface area contributed by atoms with Gasteiger partial charge in [0.15, 0.2) is 0 Å². The topological polar surface area (TPSA) is 0 Å². The molecule has 0 amide bonds. The van der Waals surface area contributed by atoms with Crippen molar-refractivity contribution in [1.82, 2.24) is 0 Å². The first-order valence-electron chi connectivity index (χ1n) is 7.30. The maximum atomic E-state index is 2.60. The molecule has 0 aromatic rings. The summed E-state index contributed by atoms with van der Waals surface area (Å²) in [5.41, 5.74) is 0. The molecule has 0 saturated heterocycles. The third-order valence-electron chi connectivity index (χ3n) is 5.78. The van der Waals surface area contributed by atoms with Gasteiger partial charge in [-0.1, -0.05) is 37.1 Å². The highest BCUT2D eigenvalue weighted by molar-refractivity contribution is 5.18. The molecular weight excluding hydrogens is 192 g/mol. The molecule has 0 nitrogen and oxygen atoms in total. The van der Waals surface area contributed by atoms with Crippen molar-refractivity contribution in [2.75, 3.05) is 0 Å². The molecule has 16 heavy (non-hydrogen) atoms. The fourth-order valence-electron chi connectivity index (χ4n) is 5.19. The van der Waals surface area contributed by atoms with Gasteiger partial charge >= 0.3 is 0 Å². The van der Waals surface area contributed by atoms with Gasteiger partial charge in [0.05, 0.1) is 0 Å². The molecule has 86 valence electrons. The van der Waals surface area contributed by atoms with Crippen molar-refractivity contribution >= 4 is 0 Å². The molecule has 0 aromatic heterocycles. The Morgan fingerprint density at radius 1 is 0.500 bits per heavy atom. The van der Waals surface area contributed by atoms with Crippen LogP contribution in [0.4, 0.5) is 0 Å². The van der Waals surface area contributed by atoms with Gasteiger partial charge in [0.2, 0.25) is 0 Å². The van der Waals surface area contributed by atoms with Crippen LogP contribution in [0.1, 0.15) is 38.5 Å². The van der Waals surface area contributed by atoms with E-state index in [4.69, 9.17) is 0 Å². The van der Waals surface area contributed by atoms with Gasteiger partial charge in [-0.2, -0.15) is 0 Å². The normalized spacial score (nSPS) is 53.5. The molecule has 0 heteroatoms. The van der Waals surface area contributed by atoms with Gasteiger partial charge in [0.1, 0.15) is 0 Å². The Morgan fingerprint density at radius 3 is 1.12 bits per heavy atom. The first kappa shape index (κ1) is 9.50. The molecule has 0 bridgehead atoms. The maximum Gasteiger partial charge on any atom is -0.0196 e. The summed E-state index contributed by atoms with van der Waals surface area (Å²) in [6.45, 7) is 0. The second kappa shape index (κ2) is 3.48. The molecule has 0 N–H and O–H groups in total. The van der Waals surface area contributed by atoms with Crippen molar-refractivity contribution in [2.45, 2.75) is 38.5 Å². The minimum Gasteiger partial charge on any atom is -0.0848 e. The van der Waals surface area contributed by atoms with Crippen LogP contribution in [-0.4, -0.2) is 0 Å². The molecule has 2 saturated carbocycles. The highest BCUT2D eigenvalue weighted by Gasteiger charge is 2.47. The van der Waals surface area contributed by atoms with E-state index in [0.717, 1.165) is 35.5 Å². The fourth-order valence-corrected chi connectivity index (χ4v) is 5.19. The molecule has 4 aliphatic carbocycles. The smallest absolute Gasteiger partial charge is 0.0196 e. The lowest BCUT2D eigenvalue weighted by molar-refractivity contribution is 0.0377. The molecule has 4 aliphatic rings. The summed E-state index contributed by atoms with van der Waals surface area (Å²) in [5, 5.41) is 0. The van der Waals surface area contributed by atoms with Crippen molar-refractivity contribution in [2.24, 2.45) is 35.5 Å². The average molecular weight is 214 g/mol. The lowest BCUT2D eigenvalue weighted by Gasteiger charge is -2.52. The summed E-state index contributed by atoms with van der Waals surface area (Å²) >= 11 is 0. The van der Waals surface area contributed by atoms with E-state index in [-0.39, 0.29) is 0 Å². The Balaban J connectivity index is 1.78. The predicted molar refractivity (Wildman–Crippen MR) is 66.9 cm³/mol. The molecule has 0 heterocycles.